The van der Waals surface area contributed by atoms with Crippen LogP contribution in [0.15, 0.2) is 48.5 Å². The smallest absolute Gasteiger partial charge is 0.216 e. The molecule has 0 spiro atoms. The van der Waals surface area contributed by atoms with E-state index < -0.39 is 5.60 Å². The van der Waals surface area contributed by atoms with E-state index in [0.29, 0.717) is 19.8 Å². The lowest BCUT2D eigenvalue weighted by molar-refractivity contribution is -0.121. The zero-order chi connectivity index (χ0) is 18.9. The molecule has 0 saturated carbocycles. The fraction of sp³-hybridized carbons (Fsp3) is 0.318. The number of aromatic nitrogens is 1. The average Bonchev–Trinajstić information content (AvgIpc) is 3.06. The molecule has 27 heavy (non-hydrogen) atoms. The number of aromatic amines is 1. The van der Waals surface area contributed by atoms with E-state index in [4.69, 9.17) is 9.47 Å². The molecule has 5 nitrogen and oxygen atoms in total. The highest BCUT2D eigenvalue weighted by Crippen LogP contribution is 2.37. The van der Waals surface area contributed by atoms with Gasteiger partial charge in [-0.3, -0.25) is 4.79 Å². The van der Waals surface area contributed by atoms with Crippen molar-refractivity contribution < 1.29 is 14.3 Å². The van der Waals surface area contributed by atoms with Crippen LogP contribution in [0, 0.1) is 0 Å². The maximum absolute atomic E-state index is 11.4. The van der Waals surface area contributed by atoms with Crippen molar-refractivity contribution in [2.75, 3.05) is 13.2 Å². The third-order valence-electron chi connectivity index (χ3n) is 5.10. The minimum absolute atomic E-state index is 0.0559. The predicted molar refractivity (Wildman–Crippen MR) is 105 cm³/mol. The molecule has 2 heterocycles. The number of benzene rings is 2. The summed E-state index contributed by atoms with van der Waals surface area (Å²) in [7, 11) is 0. The highest BCUT2D eigenvalue weighted by atomic mass is 16.5. The Bertz CT molecular complexity index is 964. The summed E-state index contributed by atoms with van der Waals surface area (Å²) < 4.78 is 12.0. The Balaban J connectivity index is 1.62. The molecule has 0 fully saturated rings. The lowest BCUT2D eigenvalue weighted by Gasteiger charge is -2.34. The van der Waals surface area contributed by atoms with Gasteiger partial charge in [0, 0.05) is 17.8 Å². The summed E-state index contributed by atoms with van der Waals surface area (Å²) in [4.78, 5) is 14.9. The van der Waals surface area contributed by atoms with Gasteiger partial charge in [0.1, 0.15) is 18.0 Å². The van der Waals surface area contributed by atoms with Gasteiger partial charge in [0.2, 0.25) is 5.91 Å². The molecule has 2 aromatic carbocycles. The molecule has 5 heteroatoms. The Hall–Kier alpha value is -2.79. The van der Waals surface area contributed by atoms with Gasteiger partial charge < -0.3 is 19.8 Å². The second-order valence-electron chi connectivity index (χ2n) is 7.20. The lowest BCUT2D eigenvalue weighted by Crippen LogP contribution is -2.43. The van der Waals surface area contributed by atoms with E-state index in [-0.39, 0.29) is 5.91 Å². The maximum atomic E-state index is 11.4. The second kappa shape index (κ2) is 7.08. The molecule has 1 aliphatic heterocycles. The average molecular weight is 364 g/mol. The van der Waals surface area contributed by atoms with Crippen LogP contribution in [0.2, 0.25) is 0 Å². The Morgan fingerprint density at radius 2 is 2.07 bits per heavy atom. The van der Waals surface area contributed by atoms with Crippen molar-refractivity contribution in [3.8, 4) is 5.75 Å². The highest BCUT2D eigenvalue weighted by molar-refractivity contribution is 5.86. The predicted octanol–water partition coefficient (Wildman–Crippen LogP) is 3.67. The topological polar surface area (TPSA) is 63.3 Å². The number of carbonyl (C=O) groups is 1. The quantitative estimate of drug-likeness (QED) is 0.726. The third kappa shape index (κ3) is 3.55. The van der Waals surface area contributed by atoms with Crippen molar-refractivity contribution in [1.82, 2.24) is 10.3 Å². The first-order chi connectivity index (χ1) is 13.0. The van der Waals surface area contributed by atoms with Gasteiger partial charge in [-0.25, -0.2) is 0 Å². The monoisotopic (exact) mass is 364 g/mol. The van der Waals surface area contributed by atoms with Crippen molar-refractivity contribution in [3.63, 3.8) is 0 Å². The van der Waals surface area contributed by atoms with E-state index in [1.807, 2.05) is 37.3 Å². The molecule has 2 N–H and O–H groups in total. The first-order valence-electron chi connectivity index (χ1n) is 9.25. The normalized spacial score (nSPS) is 18.9. The van der Waals surface area contributed by atoms with Crippen molar-refractivity contribution in [2.24, 2.45) is 0 Å². The van der Waals surface area contributed by atoms with Crippen LogP contribution in [-0.4, -0.2) is 24.0 Å². The van der Waals surface area contributed by atoms with Crippen molar-refractivity contribution in [2.45, 2.75) is 32.5 Å². The van der Waals surface area contributed by atoms with Crippen LogP contribution in [0.4, 0.5) is 0 Å². The minimum Gasteiger partial charge on any atom is -0.489 e. The molecular weight excluding hydrogens is 340 g/mol. The van der Waals surface area contributed by atoms with Crippen LogP contribution in [0.3, 0.4) is 0 Å². The summed E-state index contributed by atoms with van der Waals surface area (Å²) in [6.45, 7) is 5.16. The Labute approximate surface area is 158 Å². The number of carbonyl (C=O) groups excluding carboxylic acids is 1. The van der Waals surface area contributed by atoms with Gasteiger partial charge in [-0.1, -0.05) is 30.3 Å². The van der Waals surface area contributed by atoms with Gasteiger partial charge in [0.25, 0.3) is 0 Å². The molecule has 1 aliphatic rings. The molecule has 1 aromatic heterocycles. The van der Waals surface area contributed by atoms with Gasteiger partial charge >= 0.3 is 0 Å². The van der Waals surface area contributed by atoms with Crippen molar-refractivity contribution in [3.05, 3.63) is 65.4 Å². The lowest BCUT2D eigenvalue weighted by atomic mass is 9.92. The summed E-state index contributed by atoms with van der Waals surface area (Å²) in [5, 5.41) is 4.04. The molecule has 3 aromatic rings. The first-order valence-corrected chi connectivity index (χ1v) is 9.25. The molecule has 0 saturated heterocycles. The SMILES string of the molecule is CC(=O)NCC1(C)OCCc2c1[nH]c1ccc(OCc3ccccc3)cc21. The molecule has 1 atom stereocenters. The second-order valence-corrected chi connectivity index (χ2v) is 7.20. The highest BCUT2D eigenvalue weighted by Gasteiger charge is 2.36. The number of rotatable bonds is 5. The minimum atomic E-state index is -0.552. The van der Waals surface area contributed by atoms with Crippen LogP contribution in [0.25, 0.3) is 10.9 Å². The van der Waals surface area contributed by atoms with Crippen LogP contribution in [0.5, 0.6) is 5.75 Å². The molecule has 0 bridgehead atoms. The summed E-state index contributed by atoms with van der Waals surface area (Å²) in [6, 6.07) is 16.3. The largest absolute Gasteiger partial charge is 0.489 e. The van der Waals surface area contributed by atoms with Crippen LogP contribution in [0.1, 0.15) is 30.7 Å². The molecule has 4 rings (SSSR count). The van der Waals surface area contributed by atoms with E-state index in [1.54, 1.807) is 0 Å². The van der Waals surface area contributed by atoms with Gasteiger partial charge in [-0.2, -0.15) is 0 Å². The molecule has 1 unspecified atom stereocenters. The summed E-state index contributed by atoms with van der Waals surface area (Å²) in [6.07, 6.45) is 0.840. The molecule has 1 amide bonds. The number of fused-ring (bicyclic) bond motifs is 3. The Morgan fingerprint density at radius 3 is 2.85 bits per heavy atom. The zero-order valence-electron chi connectivity index (χ0n) is 15.7. The van der Waals surface area contributed by atoms with Gasteiger partial charge in [-0.15, -0.1) is 0 Å². The summed E-state index contributed by atoms with van der Waals surface area (Å²) in [5.74, 6) is 0.794. The van der Waals surface area contributed by atoms with E-state index in [1.165, 1.54) is 12.5 Å². The first kappa shape index (κ1) is 17.6. The van der Waals surface area contributed by atoms with E-state index in [0.717, 1.165) is 34.3 Å². The van der Waals surface area contributed by atoms with E-state index >= 15 is 0 Å². The maximum Gasteiger partial charge on any atom is 0.216 e. The van der Waals surface area contributed by atoms with Crippen LogP contribution < -0.4 is 10.1 Å². The van der Waals surface area contributed by atoms with E-state index in [2.05, 4.69) is 28.5 Å². The molecule has 0 aliphatic carbocycles. The molecule has 140 valence electrons. The number of H-pyrrole nitrogens is 1. The van der Waals surface area contributed by atoms with Gasteiger partial charge in [0.15, 0.2) is 0 Å². The van der Waals surface area contributed by atoms with Crippen LogP contribution >= 0.6 is 0 Å². The summed E-state index contributed by atoms with van der Waals surface area (Å²) >= 11 is 0. The Kier molecular flexibility index (Phi) is 4.62. The summed E-state index contributed by atoms with van der Waals surface area (Å²) in [5.41, 5.74) is 3.94. The van der Waals surface area contributed by atoms with Crippen molar-refractivity contribution in [1.29, 1.82) is 0 Å². The molecule has 0 radical (unpaired) electrons. The number of ether oxygens (including phenoxy) is 2. The van der Waals surface area contributed by atoms with Gasteiger partial charge in [0.05, 0.1) is 18.8 Å². The van der Waals surface area contributed by atoms with E-state index in [9.17, 15) is 4.79 Å². The van der Waals surface area contributed by atoms with Gasteiger partial charge in [-0.05, 0) is 42.7 Å². The van der Waals surface area contributed by atoms with Crippen LogP contribution in [-0.2, 0) is 28.2 Å². The Morgan fingerprint density at radius 1 is 1.26 bits per heavy atom. The number of amides is 1. The number of nitrogens with one attached hydrogen (secondary N) is 2. The zero-order valence-corrected chi connectivity index (χ0v) is 15.7. The van der Waals surface area contributed by atoms with Crippen molar-refractivity contribution >= 4 is 16.8 Å². The molecular formula is C22H24N2O3. The fourth-order valence-corrected chi connectivity index (χ4v) is 3.65. The fourth-order valence-electron chi connectivity index (χ4n) is 3.65. The number of hydrogen-bond donors (Lipinski definition) is 2. The third-order valence-corrected chi connectivity index (χ3v) is 5.10. The number of hydrogen-bond acceptors (Lipinski definition) is 3. The standard InChI is InChI=1S/C22H24N2O3/c1-15(25)23-14-22(2)21-18(10-11-27-22)19-12-17(8-9-20(19)24-21)26-13-16-6-4-3-5-7-16/h3-9,12,24H,10-11,13-14H2,1-2H3,(H,23,25).